The van der Waals surface area contributed by atoms with Gasteiger partial charge in [-0.05, 0) is 137 Å². The van der Waals surface area contributed by atoms with Crippen LogP contribution < -0.4 is 30.5 Å². The highest BCUT2D eigenvalue weighted by Crippen LogP contribution is 2.50. The summed E-state index contributed by atoms with van der Waals surface area (Å²) in [7, 11) is -3.72. The maximum atomic E-state index is 2.59. The van der Waals surface area contributed by atoms with E-state index < -0.39 is 16.1 Å². The van der Waals surface area contributed by atoms with Crippen molar-refractivity contribution in [2.75, 3.05) is 9.80 Å². The minimum Gasteiger partial charge on any atom is -0.311 e. The maximum absolute atomic E-state index is 2.59. The Morgan fingerprint density at radius 3 is 0.935 bits per heavy atom. The molecule has 2 fully saturated rings. The summed E-state index contributed by atoms with van der Waals surface area (Å²) in [4.78, 5) is 5.19. The fourth-order valence-electron chi connectivity index (χ4n) is 12.7. The van der Waals surface area contributed by atoms with Crippen molar-refractivity contribution in [2.45, 2.75) is 49.9 Å². The fraction of sp³-hybridized carbons (Fsp3) is 0.138. The molecular weight excluding hydrogens is 781 g/mol. The Hall–Kier alpha value is -6.47. The van der Waals surface area contributed by atoms with Gasteiger partial charge in [0.2, 0.25) is 0 Å². The lowest BCUT2D eigenvalue weighted by atomic mass is 9.85. The summed E-state index contributed by atoms with van der Waals surface area (Å²) in [6.45, 7) is 0. The summed E-state index contributed by atoms with van der Waals surface area (Å²) in [6.07, 6.45) is 5.34. The number of benzene rings is 9. The van der Waals surface area contributed by atoms with E-state index in [1.54, 1.807) is 20.7 Å². The molecule has 0 aliphatic carbocycles. The number of hydrogen-bond acceptors (Lipinski definition) is 2. The zero-order valence-electron chi connectivity index (χ0n) is 35.0. The molecule has 2 saturated heterocycles. The zero-order chi connectivity index (χ0) is 40.8. The lowest BCUT2D eigenvalue weighted by Gasteiger charge is -2.43. The van der Waals surface area contributed by atoms with E-state index in [0.717, 1.165) is 0 Å². The van der Waals surface area contributed by atoms with Crippen LogP contribution in [0, 0.1) is 0 Å². The van der Waals surface area contributed by atoms with E-state index in [0.29, 0.717) is 0 Å². The van der Waals surface area contributed by atoms with Crippen molar-refractivity contribution in [1.29, 1.82) is 0 Å². The third-order valence-corrected chi connectivity index (χ3v) is 25.9. The molecule has 9 aromatic rings. The number of nitrogens with zero attached hydrogens (tertiary/aromatic N) is 2. The molecule has 4 aliphatic heterocycles. The molecule has 9 aromatic carbocycles. The maximum Gasteiger partial charge on any atom is 0.123 e. The SMILES string of the molecule is c1ccc(-c2c3ccc(N4c5ccccc5[Si]5(CCCC5)c5ccccc54)cc3c(-c3ccccc3)c3ccc(N4c5ccccc5[Si]5(CCCC5)c5ccccc54)cc23)cc1. The smallest absolute Gasteiger partial charge is 0.123 e. The predicted molar refractivity (Wildman–Crippen MR) is 269 cm³/mol. The molecule has 4 aliphatic rings. The second-order valence-corrected chi connectivity index (χ2v) is 26.7. The highest BCUT2D eigenvalue weighted by Gasteiger charge is 2.48. The zero-order valence-corrected chi connectivity index (χ0v) is 37.0. The molecule has 298 valence electrons. The molecule has 0 N–H and O–H groups in total. The molecule has 2 nitrogen and oxygen atoms in total. The minimum absolute atomic E-state index is 1.22. The van der Waals surface area contributed by atoms with Crippen molar-refractivity contribution < 1.29 is 0 Å². The van der Waals surface area contributed by atoms with Gasteiger partial charge in [0.1, 0.15) is 16.1 Å². The molecule has 0 aromatic heterocycles. The first-order valence-corrected chi connectivity index (χ1v) is 27.7. The van der Waals surface area contributed by atoms with E-state index in [9.17, 15) is 0 Å². The van der Waals surface area contributed by atoms with Gasteiger partial charge in [-0.1, -0.05) is 171 Å². The first kappa shape index (κ1) is 36.2. The Morgan fingerprint density at radius 1 is 0.290 bits per heavy atom. The van der Waals surface area contributed by atoms with Crippen LogP contribution in [0.1, 0.15) is 25.7 Å². The van der Waals surface area contributed by atoms with Crippen molar-refractivity contribution >= 4 is 92.6 Å². The normalized spacial score (nSPS) is 16.7. The van der Waals surface area contributed by atoms with Crippen molar-refractivity contribution in [1.82, 2.24) is 0 Å². The van der Waals surface area contributed by atoms with Crippen LogP contribution in [-0.2, 0) is 0 Å². The second kappa shape index (κ2) is 14.0. The lowest BCUT2D eigenvalue weighted by molar-refractivity contribution is 0.935. The Bertz CT molecular complexity index is 2900. The predicted octanol–water partition coefficient (Wildman–Crippen LogP) is 13.6. The van der Waals surface area contributed by atoms with E-state index >= 15 is 0 Å². The van der Waals surface area contributed by atoms with Crippen LogP contribution in [0.2, 0.25) is 24.2 Å². The summed E-state index contributed by atoms with van der Waals surface area (Å²) in [5.41, 5.74) is 13.0. The number of anilines is 6. The second-order valence-electron chi connectivity index (χ2n) is 18.3. The minimum atomic E-state index is -1.86. The molecule has 2 spiro atoms. The Balaban J connectivity index is 1.09. The average molecular weight is 829 g/mol. The van der Waals surface area contributed by atoms with E-state index in [2.05, 4.69) is 204 Å². The summed E-state index contributed by atoms with van der Waals surface area (Å²) >= 11 is 0. The third-order valence-electron chi connectivity index (χ3n) is 15.3. The summed E-state index contributed by atoms with van der Waals surface area (Å²) < 4.78 is 0. The number of para-hydroxylation sites is 4. The Labute approximate surface area is 366 Å². The van der Waals surface area contributed by atoms with Crippen molar-refractivity contribution in [3.05, 3.63) is 194 Å². The van der Waals surface area contributed by atoms with Gasteiger partial charge in [0.05, 0.1) is 0 Å². The number of rotatable bonds is 4. The van der Waals surface area contributed by atoms with Gasteiger partial charge in [-0.2, -0.15) is 0 Å². The molecule has 0 bridgehead atoms. The summed E-state index contributed by atoms with van der Waals surface area (Å²) in [5, 5.41) is 11.6. The molecule has 62 heavy (non-hydrogen) atoms. The van der Waals surface area contributed by atoms with E-state index in [-0.39, 0.29) is 0 Å². The highest BCUT2D eigenvalue weighted by molar-refractivity contribution is 7.05. The Morgan fingerprint density at radius 2 is 0.597 bits per heavy atom. The van der Waals surface area contributed by atoms with Crippen molar-refractivity contribution in [3.63, 3.8) is 0 Å². The molecule has 4 heterocycles. The first-order valence-electron chi connectivity index (χ1n) is 22.9. The van der Waals surface area contributed by atoms with E-state index in [1.165, 1.54) is 128 Å². The van der Waals surface area contributed by atoms with Crippen molar-refractivity contribution in [3.8, 4) is 22.3 Å². The van der Waals surface area contributed by atoms with E-state index in [1.807, 2.05) is 0 Å². The summed E-state index contributed by atoms with van der Waals surface area (Å²) in [5.74, 6) is 0. The monoisotopic (exact) mass is 828 g/mol. The van der Waals surface area contributed by atoms with Crippen LogP contribution in [0.3, 0.4) is 0 Å². The van der Waals surface area contributed by atoms with Crippen LogP contribution in [0.25, 0.3) is 43.8 Å². The van der Waals surface area contributed by atoms with Crippen molar-refractivity contribution in [2.24, 2.45) is 0 Å². The molecule has 0 saturated carbocycles. The van der Waals surface area contributed by atoms with Gasteiger partial charge in [-0.15, -0.1) is 0 Å². The molecule has 0 amide bonds. The third kappa shape index (κ3) is 5.14. The fourth-order valence-corrected chi connectivity index (χ4v) is 23.8. The molecule has 0 radical (unpaired) electrons. The first-order chi connectivity index (χ1) is 30.7. The highest BCUT2D eigenvalue weighted by atomic mass is 28.3. The topological polar surface area (TPSA) is 6.48 Å². The van der Waals surface area contributed by atoms with E-state index in [4.69, 9.17) is 0 Å². The Kier molecular flexibility index (Phi) is 8.20. The molecule has 13 rings (SSSR count). The van der Waals surface area contributed by atoms with Crippen LogP contribution in [0.5, 0.6) is 0 Å². The van der Waals surface area contributed by atoms with Gasteiger partial charge in [0, 0.05) is 34.1 Å². The van der Waals surface area contributed by atoms with Crippen LogP contribution in [0.15, 0.2) is 194 Å². The van der Waals surface area contributed by atoms with Gasteiger partial charge in [0.15, 0.2) is 0 Å². The quantitative estimate of drug-likeness (QED) is 0.129. The van der Waals surface area contributed by atoms with Crippen LogP contribution >= 0.6 is 0 Å². The standard InChI is InChI=1S/C58H48N2Si2/c1-3-19-41(20-4-1)57-45-33-31-44(60-51-25-9-13-29-55(51)62(37-17-18-38-62)56-30-14-10-26-52(56)60)40-48(45)58(42-21-5-2-6-22-42)46-34-32-43(39-47(46)57)59-49-23-7-11-27-53(49)61(35-15-16-36-61)54-28-12-8-24-50(54)59/h1-14,19-34,39-40H,15-18,35-38H2. The van der Waals surface area contributed by atoms with Gasteiger partial charge in [0.25, 0.3) is 0 Å². The average Bonchev–Trinajstić information content (AvgIpc) is 4.04. The molecular formula is C58H48N2Si2. The van der Waals surface area contributed by atoms with Crippen LogP contribution in [0.4, 0.5) is 34.1 Å². The van der Waals surface area contributed by atoms with Crippen LogP contribution in [-0.4, -0.2) is 16.1 Å². The lowest BCUT2D eigenvalue weighted by Crippen LogP contribution is -2.60. The van der Waals surface area contributed by atoms with Gasteiger partial charge < -0.3 is 9.80 Å². The summed E-state index contributed by atoms with van der Waals surface area (Å²) in [6, 6.07) is 80.0. The number of hydrogen-bond donors (Lipinski definition) is 0. The molecule has 0 unspecified atom stereocenters. The van der Waals surface area contributed by atoms with Gasteiger partial charge in [-0.25, -0.2) is 0 Å². The van der Waals surface area contributed by atoms with Gasteiger partial charge in [-0.3, -0.25) is 0 Å². The molecule has 0 atom stereocenters. The molecule has 4 heteroatoms. The largest absolute Gasteiger partial charge is 0.311 e. The van der Waals surface area contributed by atoms with Gasteiger partial charge >= 0.3 is 0 Å². The number of fused-ring (bicyclic) bond motifs is 10.